The van der Waals surface area contributed by atoms with Crippen molar-refractivity contribution in [3.05, 3.63) is 42.1 Å². The first-order chi connectivity index (χ1) is 18.3. The highest BCUT2D eigenvalue weighted by Gasteiger charge is 2.31. The number of halogens is 2. The Morgan fingerprint density at radius 1 is 1.24 bits per heavy atom. The Bertz CT molecular complexity index is 1510. The Kier molecular flexibility index (Phi) is 6.27. The third-order valence-electron chi connectivity index (χ3n) is 7.60. The van der Waals surface area contributed by atoms with Gasteiger partial charge in [0.25, 0.3) is 5.91 Å². The number of amides is 1. The average molecular weight is 525 g/mol. The van der Waals surface area contributed by atoms with Crippen molar-refractivity contribution in [1.82, 2.24) is 24.0 Å². The monoisotopic (exact) mass is 524 g/mol. The minimum absolute atomic E-state index is 0.0962. The number of imidazole rings is 1. The van der Waals surface area contributed by atoms with E-state index in [2.05, 4.69) is 9.55 Å². The second-order valence-corrected chi connectivity index (χ2v) is 10.2. The molecule has 2 aliphatic rings. The van der Waals surface area contributed by atoms with Crippen LogP contribution in [-0.2, 0) is 18.3 Å². The number of benzene rings is 1. The molecule has 6 rings (SSSR count). The zero-order chi connectivity index (χ0) is 26.6. The molecule has 0 spiro atoms. The molecule has 9 nitrogen and oxygen atoms in total. The van der Waals surface area contributed by atoms with E-state index in [9.17, 15) is 13.6 Å². The minimum atomic E-state index is -3.06. The molecule has 4 heterocycles. The van der Waals surface area contributed by atoms with Gasteiger partial charge in [-0.1, -0.05) is 0 Å². The number of carbonyl (C=O) groups excluding carboxylic acids is 1. The molecule has 0 radical (unpaired) electrons. The van der Waals surface area contributed by atoms with Crippen LogP contribution in [0.25, 0.3) is 33.6 Å². The number of methoxy groups -OCH3 is 1. The maximum atomic E-state index is 13.5. The largest absolute Gasteiger partial charge is 0.432 e. The Balaban J connectivity index is 1.45. The lowest BCUT2D eigenvalue weighted by Crippen LogP contribution is -2.53. The number of nitrogens with zero attached hydrogens (tertiary/aromatic N) is 5. The molecule has 1 aliphatic carbocycles. The summed E-state index contributed by atoms with van der Waals surface area (Å²) in [5, 5.41) is 0.978. The molecule has 2 atom stereocenters. The van der Waals surface area contributed by atoms with E-state index in [1.165, 1.54) is 6.07 Å². The first-order valence-electron chi connectivity index (χ1n) is 12.8. The summed E-state index contributed by atoms with van der Waals surface area (Å²) in [7, 11) is 3.37. The fourth-order valence-corrected chi connectivity index (χ4v) is 5.48. The van der Waals surface area contributed by atoms with E-state index in [1.807, 2.05) is 18.2 Å². The molecule has 3 aromatic heterocycles. The molecular weight excluding hydrogens is 494 g/mol. The molecule has 11 heteroatoms. The summed E-state index contributed by atoms with van der Waals surface area (Å²) in [6.07, 6.45) is 4.56. The van der Waals surface area contributed by atoms with Gasteiger partial charge in [-0.15, -0.1) is 0 Å². The van der Waals surface area contributed by atoms with Gasteiger partial charge in [0.2, 0.25) is 0 Å². The van der Waals surface area contributed by atoms with Gasteiger partial charge in [0.1, 0.15) is 11.2 Å². The first-order valence-corrected chi connectivity index (χ1v) is 12.8. The van der Waals surface area contributed by atoms with Crippen LogP contribution >= 0.6 is 0 Å². The molecule has 0 unspecified atom stereocenters. The van der Waals surface area contributed by atoms with Crippen LogP contribution in [0.15, 0.2) is 36.5 Å². The van der Waals surface area contributed by atoms with Crippen molar-refractivity contribution in [3.63, 3.8) is 0 Å². The lowest BCUT2D eigenvalue weighted by Gasteiger charge is -2.36. The molecular formula is C27H30F2N6O3. The van der Waals surface area contributed by atoms with Crippen LogP contribution in [0, 0.1) is 5.92 Å². The van der Waals surface area contributed by atoms with Gasteiger partial charge >= 0.3 is 6.61 Å². The van der Waals surface area contributed by atoms with Crippen molar-refractivity contribution in [2.75, 3.05) is 20.2 Å². The number of piperidine rings is 1. The van der Waals surface area contributed by atoms with Gasteiger partial charge < -0.3 is 29.2 Å². The van der Waals surface area contributed by atoms with E-state index in [4.69, 9.17) is 20.2 Å². The molecule has 2 N–H and O–H groups in total. The summed E-state index contributed by atoms with van der Waals surface area (Å²) < 4.78 is 41.2. The molecule has 1 aromatic carbocycles. The van der Waals surface area contributed by atoms with Gasteiger partial charge in [-0.2, -0.15) is 8.78 Å². The van der Waals surface area contributed by atoms with E-state index >= 15 is 0 Å². The molecule has 1 saturated heterocycles. The standard InChI is InChI=1S/C27H30F2N6O3/c1-33-23-19(32-25(33)20-11-16-4-3-8-31-24(16)35(20)13-15-5-6-15)10-17(12-22(23)38-27(28)29)26(36)34-9-7-21(37-2)18(30)14-34/h3-4,8,10-12,15,18,21,27H,5-7,9,13-14,30H2,1-2H3/t18-,21+/m1/s1. The summed E-state index contributed by atoms with van der Waals surface area (Å²) in [6.45, 7) is -1.49. The van der Waals surface area contributed by atoms with Crippen LogP contribution < -0.4 is 10.5 Å². The van der Waals surface area contributed by atoms with Gasteiger partial charge in [-0.05, 0) is 55.5 Å². The second-order valence-electron chi connectivity index (χ2n) is 10.2. The van der Waals surface area contributed by atoms with Crippen molar-refractivity contribution >= 4 is 28.0 Å². The number of hydrogen-bond acceptors (Lipinski definition) is 6. The van der Waals surface area contributed by atoms with Gasteiger partial charge in [-0.25, -0.2) is 9.97 Å². The predicted octanol–water partition coefficient (Wildman–Crippen LogP) is 3.79. The third-order valence-corrected chi connectivity index (χ3v) is 7.60. The van der Waals surface area contributed by atoms with Crippen molar-refractivity contribution in [1.29, 1.82) is 0 Å². The molecule has 38 heavy (non-hydrogen) atoms. The van der Waals surface area contributed by atoms with Crippen molar-refractivity contribution in [2.45, 2.75) is 44.6 Å². The summed E-state index contributed by atoms with van der Waals surface area (Å²) in [5.74, 6) is 0.762. The Morgan fingerprint density at radius 3 is 2.76 bits per heavy atom. The summed E-state index contributed by atoms with van der Waals surface area (Å²) in [6, 6.07) is 8.58. The van der Waals surface area contributed by atoms with Crippen LogP contribution in [0.4, 0.5) is 8.78 Å². The van der Waals surface area contributed by atoms with Crippen LogP contribution in [0.3, 0.4) is 0 Å². The fraction of sp³-hybridized carbons (Fsp3) is 0.444. The highest BCUT2D eigenvalue weighted by molar-refractivity contribution is 6.00. The first kappa shape index (κ1) is 24.7. The zero-order valence-electron chi connectivity index (χ0n) is 21.3. The lowest BCUT2D eigenvalue weighted by atomic mass is 10.0. The number of nitrogens with two attached hydrogens (primary N) is 1. The van der Waals surface area contributed by atoms with E-state index < -0.39 is 6.61 Å². The third kappa shape index (κ3) is 4.39. The zero-order valence-corrected chi connectivity index (χ0v) is 21.3. The number of pyridine rings is 1. The number of hydrogen-bond donors (Lipinski definition) is 1. The van der Waals surface area contributed by atoms with Crippen LogP contribution in [0.1, 0.15) is 29.6 Å². The second kappa shape index (κ2) is 9.63. The Hall–Kier alpha value is -3.57. The van der Waals surface area contributed by atoms with Crippen molar-refractivity contribution in [3.8, 4) is 17.3 Å². The molecule has 200 valence electrons. The number of aryl methyl sites for hydroxylation is 1. The van der Waals surface area contributed by atoms with Crippen molar-refractivity contribution in [2.24, 2.45) is 18.7 Å². The molecule has 0 bridgehead atoms. The summed E-state index contributed by atoms with van der Waals surface area (Å²) in [4.78, 5) is 24.5. The predicted molar refractivity (Wildman–Crippen MR) is 138 cm³/mol. The number of fused-ring (bicyclic) bond motifs is 2. The number of alkyl halides is 2. The number of likely N-dealkylation sites (tertiary alicyclic amines) is 1. The molecule has 1 saturated carbocycles. The van der Waals surface area contributed by atoms with Crippen LogP contribution in [0.2, 0.25) is 0 Å². The minimum Gasteiger partial charge on any atom is -0.432 e. The number of rotatable bonds is 7. The highest BCUT2D eigenvalue weighted by atomic mass is 19.3. The van der Waals surface area contributed by atoms with Crippen LogP contribution in [-0.4, -0.2) is 68.9 Å². The van der Waals surface area contributed by atoms with Gasteiger partial charge in [-0.3, -0.25) is 4.79 Å². The van der Waals surface area contributed by atoms with Gasteiger partial charge in [0, 0.05) is 57.0 Å². The van der Waals surface area contributed by atoms with Crippen LogP contribution in [0.5, 0.6) is 5.75 Å². The van der Waals surface area contributed by atoms with E-state index in [1.54, 1.807) is 35.9 Å². The summed E-state index contributed by atoms with van der Waals surface area (Å²) >= 11 is 0. The summed E-state index contributed by atoms with van der Waals surface area (Å²) in [5.41, 5.74) is 8.90. The van der Waals surface area contributed by atoms with E-state index in [0.29, 0.717) is 42.3 Å². The van der Waals surface area contributed by atoms with Crippen molar-refractivity contribution < 1.29 is 23.0 Å². The smallest absolute Gasteiger partial charge is 0.387 e. The van der Waals surface area contributed by atoms with E-state index in [-0.39, 0.29) is 29.4 Å². The molecule has 1 aliphatic heterocycles. The molecule has 1 amide bonds. The fourth-order valence-electron chi connectivity index (χ4n) is 5.48. The number of carbonyl (C=O) groups is 1. The average Bonchev–Trinajstić information content (AvgIpc) is 3.56. The topological polar surface area (TPSA) is 100 Å². The highest BCUT2D eigenvalue weighted by Crippen LogP contribution is 2.38. The maximum absolute atomic E-state index is 13.5. The van der Waals surface area contributed by atoms with Gasteiger partial charge in [0.05, 0.1) is 17.3 Å². The Labute approximate surface area is 218 Å². The molecule has 4 aromatic rings. The SMILES string of the molecule is CO[C@H]1CCN(C(=O)c2cc(OC(F)F)c3c(c2)nc(-c2cc4cccnc4n2CC2CC2)n3C)C[C@H]1N. The quantitative estimate of drug-likeness (QED) is 0.395. The normalized spacial score (nSPS) is 20.1. The van der Waals surface area contributed by atoms with Gasteiger partial charge in [0.15, 0.2) is 11.6 Å². The van der Waals surface area contributed by atoms with E-state index in [0.717, 1.165) is 36.1 Å². The maximum Gasteiger partial charge on any atom is 0.387 e. The Morgan fingerprint density at radius 2 is 2.05 bits per heavy atom. The lowest BCUT2D eigenvalue weighted by molar-refractivity contribution is -0.0490. The number of aromatic nitrogens is 4. The molecule has 2 fully saturated rings. The number of ether oxygens (including phenoxy) is 2.